The van der Waals surface area contributed by atoms with Crippen LogP contribution in [0.4, 0.5) is 4.79 Å². The van der Waals surface area contributed by atoms with Gasteiger partial charge in [-0.05, 0) is 45.8 Å². The summed E-state index contributed by atoms with van der Waals surface area (Å²) >= 11 is 6.39. The first kappa shape index (κ1) is 19.7. The van der Waals surface area contributed by atoms with E-state index in [0.717, 1.165) is 25.8 Å². The number of carbonyl (C=O) groups excluding carboxylic acids is 2. The van der Waals surface area contributed by atoms with Crippen molar-refractivity contribution in [1.29, 1.82) is 0 Å². The SMILES string of the molecule is CN(C)CCCOC(=O)N(C)[C@]1(c2ccccc2Cl)CCCCC1=O. The van der Waals surface area contributed by atoms with Gasteiger partial charge in [0.15, 0.2) is 5.78 Å². The third-order valence-electron chi connectivity index (χ3n) is 4.79. The van der Waals surface area contributed by atoms with Crippen LogP contribution in [0.1, 0.15) is 37.7 Å². The molecular formula is C19H27ClN2O3. The molecule has 25 heavy (non-hydrogen) atoms. The minimum atomic E-state index is -1.03. The minimum absolute atomic E-state index is 0.0274. The van der Waals surface area contributed by atoms with Crippen LogP contribution in [0.3, 0.4) is 0 Å². The van der Waals surface area contributed by atoms with Gasteiger partial charge < -0.3 is 9.64 Å². The highest BCUT2D eigenvalue weighted by Crippen LogP contribution is 2.42. The Bertz CT molecular complexity index is 620. The Labute approximate surface area is 154 Å². The summed E-state index contributed by atoms with van der Waals surface area (Å²) < 4.78 is 5.41. The maximum Gasteiger partial charge on any atom is 0.410 e. The van der Waals surface area contributed by atoms with Crippen molar-refractivity contribution in [2.24, 2.45) is 0 Å². The summed E-state index contributed by atoms with van der Waals surface area (Å²) in [4.78, 5) is 29.0. The van der Waals surface area contributed by atoms with Crippen molar-refractivity contribution in [1.82, 2.24) is 9.80 Å². The van der Waals surface area contributed by atoms with Gasteiger partial charge >= 0.3 is 6.09 Å². The van der Waals surface area contributed by atoms with Crippen LogP contribution in [-0.4, -0.2) is 56.0 Å². The normalized spacial score (nSPS) is 20.6. The molecule has 2 rings (SSSR count). The van der Waals surface area contributed by atoms with Gasteiger partial charge in [-0.3, -0.25) is 9.69 Å². The topological polar surface area (TPSA) is 49.9 Å². The molecule has 1 atom stereocenters. The molecule has 138 valence electrons. The molecule has 0 unspecified atom stereocenters. The van der Waals surface area contributed by atoms with Crippen LogP contribution in [0.5, 0.6) is 0 Å². The molecule has 1 amide bonds. The number of benzene rings is 1. The fourth-order valence-electron chi connectivity index (χ4n) is 3.42. The lowest BCUT2D eigenvalue weighted by atomic mass is 9.74. The van der Waals surface area contributed by atoms with Gasteiger partial charge in [-0.25, -0.2) is 4.79 Å². The van der Waals surface area contributed by atoms with Crippen molar-refractivity contribution < 1.29 is 14.3 Å². The molecule has 0 aliphatic heterocycles. The Morgan fingerprint density at radius 3 is 2.60 bits per heavy atom. The van der Waals surface area contributed by atoms with E-state index in [1.165, 1.54) is 4.90 Å². The van der Waals surface area contributed by atoms with Crippen molar-refractivity contribution in [2.45, 2.75) is 37.6 Å². The molecule has 0 N–H and O–H groups in total. The standard InChI is InChI=1S/C19H27ClN2O3/c1-21(2)13-8-14-25-18(24)22(3)19(12-7-6-11-17(19)23)15-9-4-5-10-16(15)20/h4-5,9-10H,6-8,11-14H2,1-3H3/t19-/m0/s1. The summed E-state index contributed by atoms with van der Waals surface area (Å²) in [6, 6.07) is 7.27. The van der Waals surface area contributed by atoms with Crippen LogP contribution >= 0.6 is 11.6 Å². The fraction of sp³-hybridized carbons (Fsp3) is 0.579. The van der Waals surface area contributed by atoms with Crippen LogP contribution < -0.4 is 0 Å². The molecule has 1 aromatic rings. The second-order valence-electron chi connectivity index (χ2n) is 6.80. The molecule has 5 nitrogen and oxygen atoms in total. The van der Waals surface area contributed by atoms with Crippen LogP contribution in [-0.2, 0) is 15.1 Å². The Hall–Kier alpha value is -1.59. The van der Waals surface area contributed by atoms with E-state index in [-0.39, 0.29) is 5.78 Å². The first-order valence-corrected chi connectivity index (χ1v) is 9.11. The van der Waals surface area contributed by atoms with E-state index in [2.05, 4.69) is 0 Å². The molecule has 0 bridgehead atoms. The second-order valence-corrected chi connectivity index (χ2v) is 7.21. The molecule has 1 saturated carbocycles. The average molecular weight is 367 g/mol. The Morgan fingerprint density at radius 1 is 1.24 bits per heavy atom. The number of carbonyl (C=O) groups is 2. The number of nitrogens with zero attached hydrogens (tertiary/aromatic N) is 2. The van der Waals surface area contributed by atoms with E-state index in [1.54, 1.807) is 13.1 Å². The second kappa shape index (κ2) is 8.68. The lowest BCUT2D eigenvalue weighted by Gasteiger charge is -2.43. The molecular weight excluding hydrogens is 340 g/mol. The predicted octanol–water partition coefficient (Wildman–Crippen LogP) is 3.70. The van der Waals surface area contributed by atoms with Gasteiger partial charge in [0.05, 0.1) is 6.61 Å². The van der Waals surface area contributed by atoms with Gasteiger partial charge in [-0.1, -0.05) is 29.8 Å². The molecule has 1 fully saturated rings. The van der Waals surface area contributed by atoms with Crippen molar-refractivity contribution in [3.63, 3.8) is 0 Å². The molecule has 0 heterocycles. The number of Topliss-reactive ketones (excluding diaryl/α,β-unsaturated/α-hetero) is 1. The summed E-state index contributed by atoms with van der Waals surface area (Å²) in [6.07, 6.45) is 3.00. The zero-order valence-corrected chi connectivity index (χ0v) is 16.0. The molecule has 0 spiro atoms. The lowest BCUT2D eigenvalue weighted by Crippen LogP contribution is -2.54. The van der Waals surface area contributed by atoms with Crippen LogP contribution in [0, 0.1) is 0 Å². The number of rotatable bonds is 6. The molecule has 0 radical (unpaired) electrons. The van der Waals surface area contributed by atoms with Gasteiger partial charge in [0.1, 0.15) is 5.54 Å². The summed E-state index contributed by atoms with van der Waals surface area (Å²) in [5, 5.41) is 0.505. The van der Waals surface area contributed by atoms with Gasteiger partial charge in [-0.2, -0.15) is 0 Å². The smallest absolute Gasteiger partial charge is 0.410 e. The van der Waals surface area contributed by atoms with Gasteiger partial charge in [0.2, 0.25) is 0 Å². The Morgan fingerprint density at radius 2 is 1.96 bits per heavy atom. The Kier molecular flexibility index (Phi) is 6.85. The van der Waals surface area contributed by atoms with Crippen LogP contribution in [0.25, 0.3) is 0 Å². The first-order chi connectivity index (χ1) is 11.9. The van der Waals surface area contributed by atoms with Crippen molar-refractivity contribution in [3.05, 3.63) is 34.9 Å². The third-order valence-corrected chi connectivity index (χ3v) is 5.12. The minimum Gasteiger partial charge on any atom is -0.449 e. The van der Waals surface area contributed by atoms with E-state index >= 15 is 0 Å². The zero-order chi connectivity index (χ0) is 18.4. The maximum atomic E-state index is 12.9. The van der Waals surface area contributed by atoms with E-state index in [9.17, 15) is 9.59 Å². The number of hydrogen-bond acceptors (Lipinski definition) is 4. The number of ether oxygens (including phenoxy) is 1. The highest BCUT2D eigenvalue weighted by Gasteiger charge is 2.48. The molecule has 1 aromatic carbocycles. The first-order valence-electron chi connectivity index (χ1n) is 8.73. The molecule has 0 saturated heterocycles. The molecule has 0 aromatic heterocycles. The van der Waals surface area contributed by atoms with E-state index in [0.29, 0.717) is 30.0 Å². The number of halogens is 1. The van der Waals surface area contributed by atoms with E-state index < -0.39 is 11.6 Å². The maximum absolute atomic E-state index is 12.9. The van der Waals surface area contributed by atoms with Gasteiger partial charge in [0.25, 0.3) is 0 Å². The van der Waals surface area contributed by atoms with E-state index in [4.69, 9.17) is 16.3 Å². The third kappa shape index (κ3) is 4.33. The summed E-state index contributed by atoms with van der Waals surface area (Å²) in [6.45, 7) is 1.17. The van der Waals surface area contributed by atoms with Gasteiger partial charge in [-0.15, -0.1) is 0 Å². The Balaban J connectivity index is 2.22. The van der Waals surface area contributed by atoms with Crippen molar-refractivity contribution >= 4 is 23.5 Å². The highest BCUT2D eigenvalue weighted by molar-refractivity contribution is 6.31. The fourth-order valence-corrected chi connectivity index (χ4v) is 3.71. The molecule has 1 aliphatic rings. The molecule has 1 aliphatic carbocycles. The average Bonchev–Trinajstić information content (AvgIpc) is 2.59. The largest absolute Gasteiger partial charge is 0.449 e. The number of ketones is 1. The lowest BCUT2D eigenvalue weighted by molar-refractivity contribution is -0.133. The summed E-state index contributed by atoms with van der Waals surface area (Å²) in [5.41, 5.74) is -0.344. The quantitative estimate of drug-likeness (QED) is 0.720. The van der Waals surface area contributed by atoms with Crippen molar-refractivity contribution in [3.8, 4) is 0 Å². The zero-order valence-electron chi connectivity index (χ0n) is 15.3. The number of likely N-dealkylation sites (N-methyl/N-ethyl adjacent to an activating group) is 1. The van der Waals surface area contributed by atoms with E-state index in [1.807, 2.05) is 37.2 Å². The van der Waals surface area contributed by atoms with Crippen molar-refractivity contribution in [2.75, 3.05) is 34.3 Å². The van der Waals surface area contributed by atoms with Gasteiger partial charge in [0, 0.05) is 30.6 Å². The molecule has 6 heteroatoms. The van der Waals surface area contributed by atoms with Crippen LogP contribution in [0.15, 0.2) is 24.3 Å². The number of amides is 1. The predicted molar refractivity (Wildman–Crippen MR) is 98.9 cm³/mol. The summed E-state index contributed by atoms with van der Waals surface area (Å²) in [5.74, 6) is 0.0274. The highest BCUT2D eigenvalue weighted by atomic mass is 35.5. The monoisotopic (exact) mass is 366 g/mol. The summed E-state index contributed by atoms with van der Waals surface area (Å²) in [7, 11) is 5.59. The number of hydrogen-bond donors (Lipinski definition) is 0. The van der Waals surface area contributed by atoms with Crippen LogP contribution in [0.2, 0.25) is 5.02 Å².